The zero-order valence-electron chi connectivity index (χ0n) is 14.8. The van der Waals surface area contributed by atoms with Crippen molar-refractivity contribution < 1.29 is 33.8 Å². The van der Waals surface area contributed by atoms with Crippen LogP contribution in [0.4, 0.5) is 5.69 Å². The highest BCUT2D eigenvalue weighted by atomic mass is 16.5. The molecule has 2 aliphatic carbocycles. The van der Waals surface area contributed by atoms with Crippen LogP contribution < -0.4 is 5.32 Å². The molecule has 1 aromatic carbocycles. The Hall–Kier alpha value is -3.16. The number of allylic oxidation sites excluding steroid dienone is 2. The Labute approximate surface area is 155 Å². The second-order valence-corrected chi connectivity index (χ2v) is 6.57. The van der Waals surface area contributed by atoms with Gasteiger partial charge in [-0.3, -0.25) is 9.59 Å². The van der Waals surface area contributed by atoms with Crippen LogP contribution in [-0.2, 0) is 19.1 Å². The summed E-state index contributed by atoms with van der Waals surface area (Å²) >= 11 is 0. The first kappa shape index (κ1) is 18.6. The van der Waals surface area contributed by atoms with E-state index in [1.165, 1.54) is 32.4 Å². The van der Waals surface area contributed by atoms with Gasteiger partial charge in [0.15, 0.2) is 0 Å². The molecule has 0 heterocycles. The number of carbonyl (C=O) groups is 4. The number of methoxy groups -OCH3 is 2. The summed E-state index contributed by atoms with van der Waals surface area (Å²) in [5, 5.41) is 12.1. The van der Waals surface area contributed by atoms with Crippen molar-refractivity contribution in [3.63, 3.8) is 0 Å². The molecule has 4 atom stereocenters. The van der Waals surface area contributed by atoms with Crippen LogP contribution in [0.15, 0.2) is 30.4 Å². The van der Waals surface area contributed by atoms with Gasteiger partial charge in [-0.1, -0.05) is 12.2 Å². The number of benzene rings is 1. The maximum atomic E-state index is 12.9. The molecular formula is C19H19NO7. The van der Waals surface area contributed by atoms with Crippen molar-refractivity contribution in [2.75, 3.05) is 19.5 Å². The number of hydrogen-bond acceptors (Lipinski definition) is 6. The van der Waals surface area contributed by atoms with E-state index in [0.29, 0.717) is 6.42 Å². The third-order valence-electron chi connectivity index (χ3n) is 5.15. The van der Waals surface area contributed by atoms with E-state index >= 15 is 0 Å². The SMILES string of the molecule is COC(=O)c1ccc(C(=O)OC)c(NC(=O)[C@H]2[C@H](C(=O)O)[C@H]3C=C[C@H]2C3)c1. The van der Waals surface area contributed by atoms with E-state index in [9.17, 15) is 24.3 Å². The average molecular weight is 373 g/mol. The molecule has 1 saturated carbocycles. The van der Waals surface area contributed by atoms with Gasteiger partial charge in [0, 0.05) is 0 Å². The maximum Gasteiger partial charge on any atom is 0.339 e. The highest BCUT2D eigenvalue weighted by Gasteiger charge is 2.51. The number of esters is 2. The molecule has 0 spiro atoms. The number of anilines is 1. The zero-order valence-corrected chi connectivity index (χ0v) is 14.8. The van der Waals surface area contributed by atoms with E-state index in [4.69, 9.17) is 4.74 Å². The van der Waals surface area contributed by atoms with Crippen molar-refractivity contribution >= 4 is 29.5 Å². The monoisotopic (exact) mass is 373 g/mol. The van der Waals surface area contributed by atoms with Gasteiger partial charge >= 0.3 is 17.9 Å². The minimum atomic E-state index is -1.02. The van der Waals surface area contributed by atoms with E-state index in [1.54, 1.807) is 0 Å². The summed E-state index contributed by atoms with van der Waals surface area (Å²) in [6.07, 6.45) is 4.31. The fourth-order valence-electron chi connectivity index (χ4n) is 3.91. The molecular weight excluding hydrogens is 354 g/mol. The van der Waals surface area contributed by atoms with Crippen LogP contribution in [0.5, 0.6) is 0 Å². The predicted molar refractivity (Wildman–Crippen MR) is 93.1 cm³/mol. The molecule has 8 heteroatoms. The van der Waals surface area contributed by atoms with Crippen molar-refractivity contribution in [3.05, 3.63) is 41.5 Å². The van der Waals surface area contributed by atoms with Crippen molar-refractivity contribution in [1.29, 1.82) is 0 Å². The number of amides is 1. The first-order valence-electron chi connectivity index (χ1n) is 8.40. The van der Waals surface area contributed by atoms with Crippen molar-refractivity contribution in [1.82, 2.24) is 0 Å². The summed E-state index contributed by atoms with van der Waals surface area (Å²) in [6, 6.07) is 4.05. The maximum absolute atomic E-state index is 12.9. The molecule has 142 valence electrons. The van der Waals surface area contributed by atoms with E-state index < -0.39 is 35.7 Å². The fraction of sp³-hybridized carbons (Fsp3) is 0.368. The largest absolute Gasteiger partial charge is 0.481 e. The number of carbonyl (C=O) groups excluding carboxylic acids is 3. The van der Waals surface area contributed by atoms with Gasteiger partial charge in [0.1, 0.15) is 0 Å². The second kappa shape index (κ2) is 7.22. The molecule has 0 unspecified atom stereocenters. The summed E-state index contributed by atoms with van der Waals surface area (Å²) in [6.45, 7) is 0. The predicted octanol–water partition coefficient (Wildman–Crippen LogP) is 1.72. The first-order valence-corrected chi connectivity index (χ1v) is 8.40. The Kier molecular flexibility index (Phi) is 4.98. The minimum absolute atomic E-state index is 0.0593. The van der Waals surface area contributed by atoms with Crippen molar-refractivity contribution in [2.24, 2.45) is 23.7 Å². The highest BCUT2D eigenvalue weighted by molar-refractivity contribution is 6.04. The van der Waals surface area contributed by atoms with Crippen LogP contribution >= 0.6 is 0 Å². The molecule has 0 aromatic heterocycles. The van der Waals surface area contributed by atoms with E-state index in [1.807, 2.05) is 12.2 Å². The Morgan fingerprint density at radius 3 is 2.22 bits per heavy atom. The Bertz CT molecular complexity index is 844. The quantitative estimate of drug-likeness (QED) is 0.596. The zero-order chi connectivity index (χ0) is 19.7. The molecule has 1 fully saturated rings. The molecule has 2 aliphatic rings. The molecule has 1 aromatic rings. The first-order chi connectivity index (χ1) is 12.9. The molecule has 2 bridgehead atoms. The van der Waals surface area contributed by atoms with Gasteiger partial charge < -0.3 is 19.9 Å². The third-order valence-corrected chi connectivity index (χ3v) is 5.15. The number of nitrogens with one attached hydrogen (secondary N) is 1. The lowest BCUT2D eigenvalue weighted by Gasteiger charge is -2.24. The lowest BCUT2D eigenvalue weighted by Crippen LogP contribution is -2.36. The minimum Gasteiger partial charge on any atom is -0.481 e. The Balaban J connectivity index is 1.92. The van der Waals surface area contributed by atoms with Gasteiger partial charge in [0.2, 0.25) is 5.91 Å². The van der Waals surface area contributed by atoms with Gasteiger partial charge in [0.25, 0.3) is 0 Å². The van der Waals surface area contributed by atoms with Crippen molar-refractivity contribution in [2.45, 2.75) is 6.42 Å². The summed E-state index contributed by atoms with van der Waals surface area (Å²) < 4.78 is 9.36. The lowest BCUT2D eigenvalue weighted by molar-refractivity contribution is -0.146. The van der Waals surface area contributed by atoms with Crippen LogP contribution in [0.1, 0.15) is 27.1 Å². The molecule has 0 aliphatic heterocycles. The van der Waals surface area contributed by atoms with Gasteiger partial charge in [-0.2, -0.15) is 0 Å². The summed E-state index contributed by atoms with van der Waals surface area (Å²) in [5.41, 5.74) is 0.276. The second-order valence-electron chi connectivity index (χ2n) is 6.57. The summed E-state index contributed by atoms with van der Waals surface area (Å²) in [4.78, 5) is 48.2. The molecule has 0 saturated heterocycles. The number of carboxylic acids is 1. The topological polar surface area (TPSA) is 119 Å². The number of hydrogen-bond donors (Lipinski definition) is 2. The van der Waals surface area contributed by atoms with E-state index in [2.05, 4.69) is 10.1 Å². The van der Waals surface area contributed by atoms with Crippen molar-refractivity contribution in [3.8, 4) is 0 Å². The van der Waals surface area contributed by atoms with E-state index in [-0.39, 0.29) is 28.7 Å². The van der Waals surface area contributed by atoms with Crippen LogP contribution in [0.2, 0.25) is 0 Å². The number of ether oxygens (including phenoxy) is 2. The Morgan fingerprint density at radius 2 is 1.63 bits per heavy atom. The van der Waals surface area contributed by atoms with E-state index in [0.717, 1.165) is 0 Å². The summed E-state index contributed by atoms with van der Waals surface area (Å²) in [5.74, 6) is -4.76. The van der Waals surface area contributed by atoms with Gasteiger partial charge in [-0.25, -0.2) is 9.59 Å². The molecule has 3 rings (SSSR count). The molecule has 27 heavy (non-hydrogen) atoms. The number of rotatable bonds is 5. The Morgan fingerprint density at radius 1 is 1.00 bits per heavy atom. The normalized spacial score (nSPS) is 25.1. The number of aliphatic carboxylic acids is 1. The molecule has 8 nitrogen and oxygen atoms in total. The average Bonchev–Trinajstić information content (AvgIpc) is 3.28. The van der Waals surface area contributed by atoms with Gasteiger partial charge in [-0.15, -0.1) is 0 Å². The number of fused-ring (bicyclic) bond motifs is 2. The summed E-state index contributed by atoms with van der Waals surface area (Å²) in [7, 11) is 2.41. The fourth-order valence-corrected chi connectivity index (χ4v) is 3.91. The molecule has 2 N–H and O–H groups in total. The highest BCUT2D eigenvalue weighted by Crippen LogP contribution is 2.48. The lowest BCUT2D eigenvalue weighted by atomic mass is 9.82. The number of carboxylic acid groups (broad SMARTS) is 1. The smallest absolute Gasteiger partial charge is 0.339 e. The van der Waals surface area contributed by atoms with Crippen LogP contribution in [0, 0.1) is 23.7 Å². The van der Waals surface area contributed by atoms with Crippen LogP contribution in [0.3, 0.4) is 0 Å². The van der Waals surface area contributed by atoms with Gasteiger partial charge in [0.05, 0.1) is 42.9 Å². The van der Waals surface area contributed by atoms with Crippen LogP contribution in [0.25, 0.3) is 0 Å². The van der Waals surface area contributed by atoms with Gasteiger partial charge in [-0.05, 0) is 36.5 Å². The third kappa shape index (κ3) is 3.30. The van der Waals surface area contributed by atoms with Crippen LogP contribution in [-0.4, -0.2) is 43.1 Å². The standard InChI is InChI=1S/C19H19NO7/c1-26-18(24)11-5-6-12(19(25)27-2)13(8-11)20-16(21)14-9-3-4-10(7-9)15(14)17(22)23/h3-6,8-10,14-15H,7H2,1-2H3,(H,20,21)(H,22,23)/t9-,10-,14+,15+/m0/s1. The molecule has 1 amide bonds. The molecule has 0 radical (unpaired) electrons.